The van der Waals surface area contributed by atoms with Crippen LogP contribution in [0.1, 0.15) is 32.1 Å². The molecule has 0 saturated carbocycles. The Labute approximate surface area is 186 Å². The summed E-state index contributed by atoms with van der Waals surface area (Å²) in [7, 11) is 3.02. The first-order valence-corrected chi connectivity index (χ1v) is 7.57. The van der Waals surface area contributed by atoms with Gasteiger partial charge in [0.25, 0.3) is 0 Å². The molecule has 28 heavy (non-hydrogen) atoms. The molecule has 10 heteroatoms. The summed E-state index contributed by atoms with van der Waals surface area (Å²) in [6.45, 7) is 14.1. The summed E-state index contributed by atoms with van der Waals surface area (Å²) in [4.78, 5) is 25.6. The third kappa shape index (κ3) is 11.4. The third-order valence-electron chi connectivity index (χ3n) is 3.88. The minimum Gasteiger partial charge on any atom is 0 e. The van der Waals surface area contributed by atoms with Crippen molar-refractivity contribution in [1.82, 2.24) is 4.90 Å². The Morgan fingerprint density at radius 3 is 2.07 bits per heavy atom. The van der Waals surface area contributed by atoms with E-state index in [1.165, 1.54) is 7.11 Å². The number of amides is 1. The van der Waals surface area contributed by atoms with Crippen LogP contribution in [0.5, 0.6) is 0 Å². The third-order valence-corrected chi connectivity index (χ3v) is 3.88. The van der Waals surface area contributed by atoms with Crippen molar-refractivity contribution in [2.45, 2.75) is 38.1 Å². The number of rotatable bonds is 4. The van der Waals surface area contributed by atoms with Crippen LogP contribution in [-0.2, 0) is 67.2 Å². The second-order valence-electron chi connectivity index (χ2n) is 5.11. The molecule has 0 bridgehead atoms. The minimum atomic E-state index is -0.401. The van der Waals surface area contributed by atoms with Gasteiger partial charge in [0.1, 0.15) is 6.04 Å². The molecule has 0 aromatic heterocycles. The standard InChI is InChI=1S/C15H21NO4.3CO.2Fe/c1-19-12-7-5-11(6-8-12)10-14(17)16-9-3-4-13(16)15(18)20-2;3*1-2;;/h5,7,13H,3-4,6,8-10H2,1-2H3;;;;;/t13-;;;;;/m0...../s1. The van der Waals surface area contributed by atoms with Crippen molar-refractivity contribution in [3.8, 4) is 0 Å². The van der Waals surface area contributed by atoms with E-state index in [9.17, 15) is 9.59 Å². The van der Waals surface area contributed by atoms with Crippen LogP contribution in [0.2, 0.25) is 0 Å². The smallest absolute Gasteiger partial charge is 0 e. The van der Waals surface area contributed by atoms with Gasteiger partial charge in [-0.2, -0.15) is 0 Å². The molecular formula is C18H21Fe2NO7. The zero-order valence-electron chi connectivity index (χ0n) is 15.5. The molecule has 1 saturated heterocycles. The average molecular weight is 475 g/mol. The molecule has 8 nitrogen and oxygen atoms in total. The van der Waals surface area contributed by atoms with Crippen molar-refractivity contribution >= 4 is 11.9 Å². The van der Waals surface area contributed by atoms with E-state index in [-0.39, 0.29) is 46.0 Å². The second-order valence-corrected chi connectivity index (χ2v) is 5.11. The summed E-state index contributed by atoms with van der Waals surface area (Å²) in [5.41, 5.74) is 1.09. The van der Waals surface area contributed by atoms with E-state index in [2.05, 4.69) is 20.0 Å². The first kappa shape index (κ1) is 34.0. The molecule has 2 rings (SSSR count). The fourth-order valence-corrected chi connectivity index (χ4v) is 2.72. The van der Waals surface area contributed by atoms with E-state index < -0.39 is 6.04 Å². The monoisotopic (exact) mass is 475 g/mol. The molecule has 1 aliphatic carbocycles. The molecule has 1 fully saturated rings. The van der Waals surface area contributed by atoms with E-state index in [0.29, 0.717) is 19.4 Å². The summed E-state index contributed by atoms with van der Waals surface area (Å²) >= 11 is 0. The van der Waals surface area contributed by atoms with E-state index in [1.54, 1.807) is 12.0 Å². The Morgan fingerprint density at radius 1 is 1.07 bits per heavy atom. The number of ether oxygens (including phenoxy) is 2. The number of allylic oxidation sites excluding steroid dienone is 3. The summed E-state index contributed by atoms with van der Waals surface area (Å²) < 4.78 is 32.4. The van der Waals surface area contributed by atoms with E-state index in [0.717, 1.165) is 30.6 Å². The van der Waals surface area contributed by atoms with Crippen molar-refractivity contribution in [2.75, 3.05) is 20.8 Å². The topological polar surface area (TPSA) is 116 Å². The molecule has 1 aliphatic heterocycles. The van der Waals surface area contributed by atoms with Gasteiger partial charge in [-0.15, -0.1) is 0 Å². The predicted octanol–water partition coefficient (Wildman–Crippen LogP) is 1.67. The first-order valence-electron chi connectivity index (χ1n) is 7.57. The van der Waals surface area contributed by atoms with Gasteiger partial charge in [0, 0.05) is 53.5 Å². The predicted molar refractivity (Wildman–Crippen MR) is 85.6 cm³/mol. The summed E-state index contributed by atoms with van der Waals surface area (Å²) in [6.07, 6.45) is 7.46. The molecular weight excluding hydrogens is 454 g/mol. The van der Waals surface area contributed by atoms with Crippen LogP contribution in [0.15, 0.2) is 23.5 Å². The first-order chi connectivity index (χ1) is 12.7. The molecule has 1 heterocycles. The SMILES string of the molecule is COC(=O)[C@@H]1CCCN1C(=O)CC1=CC=C(OC)CC1.[C-]#[O+].[C-]#[O+].[C-]#[O+].[Fe].[Fe]. The number of nitrogens with zero attached hydrogens (tertiary/aromatic N) is 1. The Hall–Kier alpha value is -1.52. The fourth-order valence-electron chi connectivity index (χ4n) is 2.72. The zero-order chi connectivity index (χ0) is 20.5. The molecule has 0 unspecified atom stereocenters. The zero-order valence-corrected chi connectivity index (χ0v) is 17.7. The van der Waals surface area contributed by atoms with Crippen molar-refractivity contribution in [1.29, 1.82) is 0 Å². The maximum absolute atomic E-state index is 12.3. The maximum atomic E-state index is 12.3. The summed E-state index contributed by atoms with van der Waals surface area (Å²) in [6, 6.07) is -0.401. The molecule has 156 valence electrons. The number of carbonyl (C=O) groups excluding carboxylic acids is 2. The van der Waals surface area contributed by atoms with Crippen LogP contribution in [0.3, 0.4) is 0 Å². The van der Waals surface area contributed by atoms with Crippen LogP contribution < -0.4 is 0 Å². The number of hydrogen-bond acceptors (Lipinski definition) is 4. The van der Waals surface area contributed by atoms with Crippen molar-refractivity contribution < 1.29 is 67.2 Å². The summed E-state index contributed by atoms with van der Waals surface area (Å²) in [5.74, 6) is 0.642. The molecule has 0 aromatic carbocycles. The molecule has 0 spiro atoms. The van der Waals surface area contributed by atoms with Gasteiger partial charge in [0.15, 0.2) is 0 Å². The quantitative estimate of drug-likeness (QED) is 0.266. The van der Waals surface area contributed by atoms with Gasteiger partial charge < -0.3 is 14.4 Å². The van der Waals surface area contributed by atoms with Gasteiger partial charge in [-0.3, -0.25) is 4.79 Å². The molecule has 0 radical (unpaired) electrons. The van der Waals surface area contributed by atoms with Crippen molar-refractivity contribution in [3.63, 3.8) is 0 Å². The normalized spacial score (nSPS) is 16.0. The average Bonchev–Trinajstić information content (AvgIpc) is 3.22. The number of methoxy groups -OCH3 is 2. The number of likely N-dealkylation sites (tertiary alicyclic amines) is 1. The van der Waals surface area contributed by atoms with Crippen LogP contribution in [0.25, 0.3) is 0 Å². The molecule has 0 N–H and O–H groups in total. The van der Waals surface area contributed by atoms with Crippen LogP contribution >= 0.6 is 0 Å². The Morgan fingerprint density at radius 2 is 1.64 bits per heavy atom. The number of hydrogen-bond donors (Lipinski definition) is 0. The maximum Gasteiger partial charge on any atom is 0 e. The Kier molecular flexibility index (Phi) is 26.5. The Balaban J connectivity index is -0.000000329. The number of carbonyl (C=O) groups is 2. The molecule has 0 aromatic rings. The van der Waals surface area contributed by atoms with Crippen molar-refractivity contribution in [3.05, 3.63) is 43.4 Å². The van der Waals surface area contributed by atoms with Crippen LogP contribution in [-0.4, -0.2) is 43.6 Å². The van der Waals surface area contributed by atoms with Gasteiger partial charge in [-0.05, 0) is 25.3 Å². The summed E-state index contributed by atoms with van der Waals surface area (Å²) in [5, 5.41) is 0. The van der Waals surface area contributed by atoms with E-state index in [4.69, 9.17) is 23.4 Å². The second kappa shape index (κ2) is 21.8. The Bertz CT molecular complexity index is 568. The fraction of sp³-hybridized carbons (Fsp3) is 0.500. The van der Waals surface area contributed by atoms with Gasteiger partial charge in [-0.25, -0.2) is 4.79 Å². The van der Waals surface area contributed by atoms with Crippen LogP contribution in [0.4, 0.5) is 0 Å². The van der Waals surface area contributed by atoms with Gasteiger partial charge in [-0.1, -0.05) is 11.6 Å². The van der Waals surface area contributed by atoms with Crippen LogP contribution in [0, 0.1) is 20.0 Å². The van der Waals surface area contributed by atoms with E-state index >= 15 is 0 Å². The molecule has 2 aliphatic rings. The van der Waals surface area contributed by atoms with Gasteiger partial charge >= 0.3 is 39.9 Å². The largest absolute Gasteiger partial charge is 0 e. The van der Waals surface area contributed by atoms with Gasteiger partial charge in [0.05, 0.1) is 20.0 Å². The van der Waals surface area contributed by atoms with Crippen molar-refractivity contribution in [2.24, 2.45) is 0 Å². The minimum absolute atomic E-state index is 0. The number of esters is 1. The van der Waals surface area contributed by atoms with E-state index in [1.807, 2.05) is 12.2 Å². The van der Waals surface area contributed by atoms with Gasteiger partial charge in [0.2, 0.25) is 5.91 Å². The molecule has 1 atom stereocenters. The molecule has 1 amide bonds.